The van der Waals surface area contributed by atoms with Crippen LogP contribution in [0.2, 0.25) is 0 Å². The summed E-state index contributed by atoms with van der Waals surface area (Å²) in [5, 5.41) is 10.9. The van der Waals surface area contributed by atoms with Gasteiger partial charge >= 0.3 is 18.2 Å². The van der Waals surface area contributed by atoms with E-state index in [1.165, 1.54) is 18.3 Å². The normalized spacial score (nSPS) is 14.7. The Bertz CT molecular complexity index is 1080. The Kier molecular flexibility index (Phi) is 5.99. The van der Waals surface area contributed by atoms with Crippen LogP contribution in [0.25, 0.3) is 11.1 Å². The van der Waals surface area contributed by atoms with Crippen molar-refractivity contribution >= 4 is 5.82 Å². The zero-order chi connectivity index (χ0) is 22.7. The molecule has 0 unspecified atom stereocenters. The van der Waals surface area contributed by atoms with E-state index in [9.17, 15) is 23.3 Å². The SMILES string of the molecule is O=[N+]([O-])c1cn2c(n1)OCCN(Cc1ccc(-c3ccc(OC(F)(F)F)cc3)cc1)CC2. The average Bonchev–Trinajstić information content (AvgIpc) is 3.13. The Hall–Kier alpha value is -3.60. The highest BCUT2D eigenvalue weighted by Gasteiger charge is 2.31. The Morgan fingerprint density at radius 1 is 1.03 bits per heavy atom. The topological polar surface area (TPSA) is 82.7 Å². The third-order valence-electron chi connectivity index (χ3n) is 4.99. The molecular formula is C21H19F3N4O4. The number of rotatable bonds is 5. The minimum absolute atomic E-state index is 0.234. The number of nitrogens with zero attached hydrogens (tertiary/aromatic N) is 4. The van der Waals surface area contributed by atoms with Crippen LogP contribution in [0, 0.1) is 10.1 Å². The fraction of sp³-hybridized carbons (Fsp3) is 0.286. The van der Waals surface area contributed by atoms with E-state index in [0.29, 0.717) is 32.8 Å². The largest absolute Gasteiger partial charge is 0.573 e. The van der Waals surface area contributed by atoms with E-state index >= 15 is 0 Å². The van der Waals surface area contributed by atoms with Crippen LogP contribution >= 0.6 is 0 Å². The first kappa shape index (κ1) is 21.6. The summed E-state index contributed by atoms with van der Waals surface area (Å²) in [5.41, 5.74) is 2.71. The van der Waals surface area contributed by atoms with E-state index in [2.05, 4.69) is 14.6 Å². The van der Waals surface area contributed by atoms with Gasteiger partial charge in [-0.2, -0.15) is 0 Å². The highest BCUT2D eigenvalue weighted by atomic mass is 19.4. The number of aromatic nitrogens is 2. The zero-order valence-electron chi connectivity index (χ0n) is 16.8. The van der Waals surface area contributed by atoms with Crippen LogP contribution in [0.4, 0.5) is 19.0 Å². The Labute approximate surface area is 181 Å². The second-order valence-corrected chi connectivity index (χ2v) is 7.23. The van der Waals surface area contributed by atoms with Crippen LogP contribution in [-0.2, 0) is 13.1 Å². The maximum absolute atomic E-state index is 12.3. The number of alkyl halides is 3. The van der Waals surface area contributed by atoms with Gasteiger partial charge in [0.1, 0.15) is 18.6 Å². The van der Waals surface area contributed by atoms with E-state index in [1.54, 1.807) is 16.7 Å². The quantitative estimate of drug-likeness (QED) is 0.429. The van der Waals surface area contributed by atoms with Crippen LogP contribution in [0.1, 0.15) is 5.56 Å². The van der Waals surface area contributed by atoms with Gasteiger partial charge in [0.05, 0.1) is 0 Å². The molecule has 0 aliphatic carbocycles. The molecular weight excluding hydrogens is 429 g/mol. The van der Waals surface area contributed by atoms with Gasteiger partial charge in [-0.05, 0) is 33.7 Å². The first-order valence-corrected chi connectivity index (χ1v) is 9.79. The maximum Gasteiger partial charge on any atom is 0.573 e. The molecule has 2 aromatic carbocycles. The van der Waals surface area contributed by atoms with Gasteiger partial charge < -0.3 is 19.6 Å². The lowest BCUT2D eigenvalue weighted by molar-refractivity contribution is -0.389. The van der Waals surface area contributed by atoms with Crippen molar-refractivity contribution in [2.24, 2.45) is 0 Å². The van der Waals surface area contributed by atoms with Gasteiger partial charge in [0.2, 0.25) is 0 Å². The molecule has 0 N–H and O–H groups in total. The van der Waals surface area contributed by atoms with Gasteiger partial charge in [-0.3, -0.25) is 9.47 Å². The van der Waals surface area contributed by atoms with Crippen molar-refractivity contribution in [3.63, 3.8) is 0 Å². The molecule has 0 saturated heterocycles. The lowest BCUT2D eigenvalue weighted by Crippen LogP contribution is -2.33. The fourth-order valence-electron chi connectivity index (χ4n) is 3.44. The van der Waals surface area contributed by atoms with Crippen LogP contribution in [0.5, 0.6) is 11.8 Å². The van der Waals surface area contributed by atoms with Crippen molar-refractivity contribution in [2.75, 3.05) is 19.7 Å². The molecule has 168 valence electrons. The van der Waals surface area contributed by atoms with E-state index in [-0.39, 0.29) is 17.6 Å². The van der Waals surface area contributed by atoms with Gasteiger partial charge in [-0.25, -0.2) is 0 Å². The molecule has 3 aromatic rings. The molecule has 1 aliphatic heterocycles. The number of nitro groups is 1. The summed E-state index contributed by atoms with van der Waals surface area (Å²) in [5.74, 6) is -0.495. The summed E-state index contributed by atoms with van der Waals surface area (Å²) in [7, 11) is 0. The molecule has 0 amide bonds. The predicted molar refractivity (Wildman–Crippen MR) is 108 cm³/mol. The highest BCUT2D eigenvalue weighted by Crippen LogP contribution is 2.27. The number of hydrogen-bond acceptors (Lipinski definition) is 6. The van der Waals surface area contributed by atoms with Gasteiger partial charge in [0.25, 0.3) is 0 Å². The number of halogens is 3. The molecule has 32 heavy (non-hydrogen) atoms. The van der Waals surface area contributed by atoms with Crippen molar-refractivity contribution in [2.45, 2.75) is 19.5 Å². The minimum atomic E-state index is -4.71. The van der Waals surface area contributed by atoms with Crippen molar-refractivity contribution in [3.05, 3.63) is 70.4 Å². The van der Waals surface area contributed by atoms with Crippen molar-refractivity contribution < 1.29 is 27.6 Å². The third-order valence-corrected chi connectivity index (χ3v) is 4.99. The van der Waals surface area contributed by atoms with E-state index in [1.807, 2.05) is 24.3 Å². The summed E-state index contributed by atoms with van der Waals surface area (Å²) in [6, 6.07) is 13.7. The lowest BCUT2D eigenvalue weighted by atomic mass is 10.0. The molecule has 0 radical (unpaired) electrons. The molecule has 0 saturated carbocycles. The molecule has 0 spiro atoms. The molecule has 0 bridgehead atoms. The van der Waals surface area contributed by atoms with Gasteiger partial charge in [0, 0.05) is 31.2 Å². The first-order chi connectivity index (χ1) is 15.3. The molecule has 0 fully saturated rings. The summed E-state index contributed by atoms with van der Waals surface area (Å²) in [6.45, 7) is 2.85. The minimum Gasteiger partial charge on any atom is -0.444 e. The van der Waals surface area contributed by atoms with Crippen molar-refractivity contribution in [1.82, 2.24) is 14.5 Å². The molecule has 8 nitrogen and oxygen atoms in total. The summed E-state index contributed by atoms with van der Waals surface area (Å²) in [6.07, 6.45) is -3.34. The smallest absolute Gasteiger partial charge is 0.444 e. The van der Waals surface area contributed by atoms with Crippen molar-refractivity contribution in [1.29, 1.82) is 0 Å². The predicted octanol–water partition coefficient (Wildman–Crippen LogP) is 4.25. The molecule has 4 rings (SSSR count). The van der Waals surface area contributed by atoms with Crippen LogP contribution < -0.4 is 9.47 Å². The van der Waals surface area contributed by atoms with Crippen LogP contribution in [0.3, 0.4) is 0 Å². The number of hydrogen-bond donors (Lipinski definition) is 0. The first-order valence-electron chi connectivity index (χ1n) is 9.79. The molecule has 1 aromatic heterocycles. The number of imidazole rings is 1. The summed E-state index contributed by atoms with van der Waals surface area (Å²) in [4.78, 5) is 16.4. The summed E-state index contributed by atoms with van der Waals surface area (Å²) < 4.78 is 48.0. The zero-order valence-corrected chi connectivity index (χ0v) is 16.8. The van der Waals surface area contributed by atoms with Crippen LogP contribution in [0.15, 0.2) is 54.7 Å². The second-order valence-electron chi connectivity index (χ2n) is 7.23. The van der Waals surface area contributed by atoms with E-state index in [0.717, 1.165) is 16.7 Å². The molecule has 2 heterocycles. The lowest BCUT2D eigenvalue weighted by Gasteiger charge is -2.24. The van der Waals surface area contributed by atoms with Crippen LogP contribution in [-0.4, -0.2) is 45.4 Å². The Balaban J connectivity index is 1.37. The molecule has 0 atom stereocenters. The molecule has 1 aliphatic rings. The maximum atomic E-state index is 12.3. The average molecular weight is 448 g/mol. The van der Waals surface area contributed by atoms with E-state index in [4.69, 9.17) is 4.74 Å². The number of ether oxygens (including phenoxy) is 2. The summed E-state index contributed by atoms with van der Waals surface area (Å²) >= 11 is 0. The monoisotopic (exact) mass is 448 g/mol. The Morgan fingerprint density at radius 3 is 2.31 bits per heavy atom. The Morgan fingerprint density at radius 2 is 1.69 bits per heavy atom. The fourth-order valence-corrected chi connectivity index (χ4v) is 3.44. The molecule has 11 heteroatoms. The van der Waals surface area contributed by atoms with Gasteiger partial charge in [0.15, 0.2) is 0 Å². The van der Waals surface area contributed by atoms with Crippen molar-refractivity contribution in [3.8, 4) is 22.9 Å². The second kappa shape index (κ2) is 8.87. The number of benzene rings is 2. The van der Waals surface area contributed by atoms with Gasteiger partial charge in [-0.15, -0.1) is 13.2 Å². The highest BCUT2D eigenvalue weighted by molar-refractivity contribution is 5.64. The van der Waals surface area contributed by atoms with E-state index < -0.39 is 11.3 Å². The number of fused-ring (bicyclic) bond motifs is 1. The third kappa shape index (κ3) is 5.35. The standard InChI is InChI=1S/C21H19F3N4O4/c22-21(23,24)32-18-7-5-17(6-8-18)16-3-1-15(2-4-16)13-26-9-10-27-14-19(28(29)30)25-20(27)31-12-11-26/h1-8,14H,9-13H2. The van der Waals surface area contributed by atoms with Gasteiger partial charge in [-0.1, -0.05) is 36.4 Å².